The van der Waals surface area contributed by atoms with Gasteiger partial charge in [0, 0.05) is 12.2 Å². The number of guanidine groups is 1. The molecule has 0 aromatic heterocycles. The molecular formula is C26H36N6O4. The van der Waals surface area contributed by atoms with Crippen LogP contribution in [0.1, 0.15) is 38.2 Å². The molecule has 0 spiro atoms. The van der Waals surface area contributed by atoms with Crippen molar-refractivity contribution in [2.75, 3.05) is 11.9 Å². The fraction of sp³-hybridized carbons (Fsp3) is 0.385. The molecule has 0 aliphatic heterocycles. The zero-order chi connectivity index (χ0) is 26.3. The number of carbonyl (C=O) groups is 3. The molecule has 0 fully saturated rings. The van der Waals surface area contributed by atoms with Gasteiger partial charge in [-0.1, -0.05) is 48.5 Å². The summed E-state index contributed by atoms with van der Waals surface area (Å²) in [4.78, 5) is 41.7. The van der Waals surface area contributed by atoms with E-state index < -0.39 is 30.0 Å². The van der Waals surface area contributed by atoms with Crippen molar-refractivity contribution in [2.24, 2.45) is 16.5 Å². The first-order valence-corrected chi connectivity index (χ1v) is 12.0. The van der Waals surface area contributed by atoms with Crippen molar-refractivity contribution in [2.45, 2.75) is 57.2 Å². The summed E-state index contributed by atoms with van der Waals surface area (Å²) in [6, 6.07) is 16.0. The molecule has 0 unspecified atom stereocenters. The van der Waals surface area contributed by atoms with Gasteiger partial charge >= 0.3 is 5.97 Å². The van der Waals surface area contributed by atoms with Gasteiger partial charge in [-0.25, -0.2) is 0 Å². The molecule has 194 valence electrons. The van der Waals surface area contributed by atoms with Crippen LogP contribution in [0, 0.1) is 0 Å². The van der Waals surface area contributed by atoms with E-state index in [1.807, 2.05) is 36.4 Å². The molecule has 10 nitrogen and oxygen atoms in total. The minimum atomic E-state index is -1.06. The quantitative estimate of drug-likeness (QED) is 0.123. The minimum absolute atomic E-state index is 0.00144. The molecule has 0 aliphatic rings. The van der Waals surface area contributed by atoms with Crippen LogP contribution >= 0.6 is 0 Å². The number of hydrogen-bond donors (Lipinski definition) is 6. The number of carboxylic acid groups (broad SMARTS) is 1. The number of aryl methyl sites for hydroxylation is 1. The lowest BCUT2D eigenvalue weighted by atomic mass is 10.0. The molecule has 0 radical (unpaired) electrons. The molecule has 2 aromatic rings. The number of rotatable bonds is 15. The zero-order valence-electron chi connectivity index (χ0n) is 20.5. The number of aliphatic imine (C=N–C) groups is 1. The van der Waals surface area contributed by atoms with Gasteiger partial charge in [0.15, 0.2) is 5.96 Å². The number of aliphatic carboxylic acids is 1. The Balaban J connectivity index is 2.11. The first-order chi connectivity index (χ1) is 17.3. The van der Waals surface area contributed by atoms with Crippen molar-refractivity contribution in [3.8, 4) is 0 Å². The average molecular weight is 497 g/mol. The van der Waals surface area contributed by atoms with Gasteiger partial charge < -0.3 is 27.2 Å². The number of anilines is 1. The summed E-state index contributed by atoms with van der Waals surface area (Å²) < 4.78 is 0. The van der Waals surface area contributed by atoms with E-state index in [9.17, 15) is 19.5 Å². The van der Waals surface area contributed by atoms with E-state index in [1.54, 1.807) is 24.3 Å². The lowest BCUT2D eigenvalue weighted by Crippen LogP contribution is -2.54. The van der Waals surface area contributed by atoms with Crippen LogP contribution in [0.15, 0.2) is 65.7 Å². The van der Waals surface area contributed by atoms with Crippen molar-refractivity contribution in [3.05, 3.63) is 66.2 Å². The topological polar surface area (TPSA) is 172 Å². The van der Waals surface area contributed by atoms with Gasteiger partial charge in [-0.05, 0) is 56.7 Å². The molecular weight excluding hydrogens is 460 g/mol. The Morgan fingerprint density at radius 1 is 0.889 bits per heavy atom. The molecule has 2 aromatic carbocycles. The van der Waals surface area contributed by atoms with Crippen molar-refractivity contribution in [1.29, 1.82) is 0 Å². The summed E-state index contributed by atoms with van der Waals surface area (Å²) in [5, 5.41) is 17.9. The minimum Gasteiger partial charge on any atom is -0.480 e. The summed E-state index contributed by atoms with van der Waals surface area (Å²) >= 11 is 0. The second-order valence-electron chi connectivity index (χ2n) is 8.52. The zero-order valence-corrected chi connectivity index (χ0v) is 20.5. The van der Waals surface area contributed by atoms with Crippen molar-refractivity contribution in [3.63, 3.8) is 0 Å². The average Bonchev–Trinajstić information content (AvgIpc) is 2.86. The molecule has 0 saturated carbocycles. The SMILES string of the molecule is C[C@@H](N[C@@H](CCc1ccccc1)C(=O)N[C@@H](CCCCN=C(N)N)C(=O)Nc1ccccc1)C(=O)O. The van der Waals surface area contributed by atoms with Crippen LogP contribution in [-0.4, -0.2) is 53.5 Å². The number of para-hydroxylation sites is 1. The van der Waals surface area contributed by atoms with Gasteiger partial charge in [-0.15, -0.1) is 0 Å². The maximum atomic E-state index is 13.3. The first-order valence-electron chi connectivity index (χ1n) is 12.0. The molecule has 0 aliphatic carbocycles. The third kappa shape index (κ3) is 10.6. The van der Waals surface area contributed by atoms with E-state index in [4.69, 9.17) is 11.5 Å². The van der Waals surface area contributed by atoms with Gasteiger partial charge in [0.2, 0.25) is 11.8 Å². The van der Waals surface area contributed by atoms with Crippen LogP contribution in [0.2, 0.25) is 0 Å². The highest BCUT2D eigenvalue weighted by Gasteiger charge is 2.27. The van der Waals surface area contributed by atoms with Crippen LogP contribution in [0.3, 0.4) is 0 Å². The predicted octanol–water partition coefficient (Wildman–Crippen LogP) is 1.62. The first kappa shape index (κ1) is 28.3. The molecule has 8 N–H and O–H groups in total. The van der Waals surface area contributed by atoms with E-state index in [0.29, 0.717) is 44.3 Å². The van der Waals surface area contributed by atoms with E-state index >= 15 is 0 Å². The Labute approximate surface area is 211 Å². The summed E-state index contributed by atoms with van der Waals surface area (Å²) in [5.74, 6) is -1.85. The van der Waals surface area contributed by atoms with Crippen LogP contribution in [0.5, 0.6) is 0 Å². The highest BCUT2D eigenvalue weighted by atomic mass is 16.4. The number of unbranched alkanes of at least 4 members (excludes halogenated alkanes) is 1. The summed E-state index contributed by atoms with van der Waals surface area (Å²) in [5.41, 5.74) is 12.4. The van der Waals surface area contributed by atoms with Gasteiger partial charge in [0.1, 0.15) is 12.1 Å². The van der Waals surface area contributed by atoms with Crippen LogP contribution in [-0.2, 0) is 20.8 Å². The maximum absolute atomic E-state index is 13.3. The molecule has 2 amide bonds. The normalized spacial score (nSPS) is 13.1. The number of nitrogens with zero attached hydrogens (tertiary/aromatic N) is 1. The summed E-state index contributed by atoms with van der Waals surface area (Å²) in [7, 11) is 0. The number of nitrogens with two attached hydrogens (primary N) is 2. The largest absolute Gasteiger partial charge is 0.480 e. The number of nitrogens with one attached hydrogen (secondary N) is 3. The fourth-order valence-electron chi connectivity index (χ4n) is 3.58. The van der Waals surface area contributed by atoms with Gasteiger partial charge in [-0.3, -0.25) is 24.7 Å². The summed E-state index contributed by atoms with van der Waals surface area (Å²) in [6.07, 6.45) is 2.53. The molecule has 2 rings (SSSR count). The van der Waals surface area contributed by atoms with Gasteiger partial charge in [-0.2, -0.15) is 0 Å². The molecule has 0 heterocycles. The van der Waals surface area contributed by atoms with Crippen molar-refractivity contribution in [1.82, 2.24) is 10.6 Å². The van der Waals surface area contributed by atoms with Gasteiger partial charge in [0.25, 0.3) is 0 Å². The third-order valence-electron chi connectivity index (χ3n) is 5.57. The van der Waals surface area contributed by atoms with Gasteiger partial charge in [0.05, 0.1) is 6.04 Å². The highest BCUT2D eigenvalue weighted by molar-refractivity contribution is 5.97. The van der Waals surface area contributed by atoms with Crippen LogP contribution < -0.4 is 27.4 Å². The second kappa shape index (κ2) is 15.2. The van der Waals surface area contributed by atoms with Crippen LogP contribution in [0.4, 0.5) is 5.69 Å². The molecule has 36 heavy (non-hydrogen) atoms. The van der Waals surface area contributed by atoms with E-state index in [2.05, 4.69) is 20.9 Å². The van der Waals surface area contributed by atoms with Crippen molar-refractivity contribution < 1.29 is 19.5 Å². The molecule has 0 saturated heterocycles. The number of carbonyl (C=O) groups excluding carboxylic acids is 2. The monoisotopic (exact) mass is 496 g/mol. The van der Waals surface area contributed by atoms with E-state index in [-0.39, 0.29) is 11.9 Å². The number of hydrogen-bond acceptors (Lipinski definition) is 5. The molecule has 10 heteroatoms. The third-order valence-corrected chi connectivity index (χ3v) is 5.57. The number of carboxylic acids is 1. The lowest BCUT2D eigenvalue weighted by Gasteiger charge is -2.24. The smallest absolute Gasteiger partial charge is 0.320 e. The Hall–Kier alpha value is -3.92. The number of benzene rings is 2. The number of amides is 2. The van der Waals surface area contributed by atoms with E-state index in [1.165, 1.54) is 6.92 Å². The standard InChI is InChI=1S/C26H36N6O4/c1-18(25(35)36)30-22(16-15-19-10-4-2-5-11-19)24(34)32-21(14-8-9-17-29-26(27)28)23(33)31-20-12-6-3-7-13-20/h2-7,10-13,18,21-22,30H,8-9,14-17H2,1H3,(H,31,33)(H,32,34)(H,35,36)(H4,27,28,29)/t18-,21+,22+/m1/s1. The second-order valence-corrected chi connectivity index (χ2v) is 8.52. The highest BCUT2D eigenvalue weighted by Crippen LogP contribution is 2.11. The Morgan fingerprint density at radius 3 is 2.14 bits per heavy atom. The molecule has 3 atom stereocenters. The van der Waals surface area contributed by atoms with Crippen LogP contribution in [0.25, 0.3) is 0 Å². The Bertz CT molecular complexity index is 996. The Morgan fingerprint density at radius 2 is 1.53 bits per heavy atom. The van der Waals surface area contributed by atoms with E-state index in [0.717, 1.165) is 5.56 Å². The van der Waals surface area contributed by atoms with Crippen molar-refractivity contribution >= 4 is 29.4 Å². The maximum Gasteiger partial charge on any atom is 0.320 e. The molecule has 0 bridgehead atoms. The summed E-state index contributed by atoms with van der Waals surface area (Å²) in [6.45, 7) is 1.90. The predicted molar refractivity (Wildman–Crippen MR) is 140 cm³/mol. The Kier molecular flexibility index (Phi) is 11.9. The fourth-order valence-corrected chi connectivity index (χ4v) is 3.58. The lowest BCUT2D eigenvalue weighted by molar-refractivity contribution is -0.139.